The van der Waals surface area contributed by atoms with Gasteiger partial charge in [0.05, 0.1) is 0 Å². The number of nitrogens with two attached hydrogens (primary N) is 4. The van der Waals surface area contributed by atoms with E-state index in [1.54, 1.807) is 23.5 Å². The molecule has 0 spiro atoms. The van der Waals surface area contributed by atoms with E-state index in [1.807, 2.05) is 0 Å². The molecule has 0 aromatic carbocycles. The number of hydrogen-bond acceptors (Lipinski definition) is 2. The van der Waals surface area contributed by atoms with Gasteiger partial charge >= 0.3 is 0 Å². The summed E-state index contributed by atoms with van der Waals surface area (Å²) in [6, 6.07) is 0. The Bertz CT molecular complexity index is 234. The summed E-state index contributed by atoms with van der Waals surface area (Å²) in [7, 11) is 0. The zero-order valence-electron chi connectivity index (χ0n) is 12.6. The molecular formula is C14H32N4S2+2. The molecule has 20 heavy (non-hydrogen) atoms. The Labute approximate surface area is 132 Å². The van der Waals surface area contributed by atoms with Crippen LogP contribution in [0, 0.1) is 0 Å². The molecule has 0 heterocycles. The van der Waals surface area contributed by atoms with Crippen molar-refractivity contribution >= 4 is 33.9 Å². The van der Waals surface area contributed by atoms with E-state index in [0.29, 0.717) is 10.3 Å². The van der Waals surface area contributed by atoms with E-state index in [4.69, 9.17) is 22.3 Å². The highest BCUT2D eigenvalue weighted by Gasteiger charge is 1.98. The summed E-state index contributed by atoms with van der Waals surface area (Å²) < 4.78 is 0. The highest BCUT2D eigenvalue weighted by atomic mass is 32.2. The third-order valence-electron chi connectivity index (χ3n) is 3.08. The monoisotopic (exact) mass is 320 g/mol. The van der Waals surface area contributed by atoms with Crippen LogP contribution in [0.15, 0.2) is 0 Å². The molecule has 6 heteroatoms. The zero-order valence-corrected chi connectivity index (χ0v) is 14.2. The van der Waals surface area contributed by atoms with E-state index in [2.05, 4.69) is 0 Å². The van der Waals surface area contributed by atoms with Gasteiger partial charge in [0.1, 0.15) is 0 Å². The summed E-state index contributed by atoms with van der Waals surface area (Å²) in [5.74, 6) is 2.12. The minimum atomic E-state index is 0.496. The van der Waals surface area contributed by atoms with Gasteiger partial charge in [0.15, 0.2) is 0 Å². The van der Waals surface area contributed by atoms with Crippen molar-refractivity contribution < 1.29 is 10.8 Å². The molecule has 0 aromatic rings. The van der Waals surface area contributed by atoms with Crippen LogP contribution in [0.25, 0.3) is 0 Å². The molecular weight excluding hydrogens is 288 g/mol. The number of amidine groups is 2. The first kappa shape index (κ1) is 19.6. The quantitative estimate of drug-likeness (QED) is 0.225. The van der Waals surface area contributed by atoms with Gasteiger partial charge in [0.2, 0.25) is 0 Å². The molecule has 0 rings (SSSR count). The molecule has 118 valence electrons. The molecule has 0 aliphatic carbocycles. The molecule has 8 N–H and O–H groups in total. The van der Waals surface area contributed by atoms with E-state index >= 15 is 0 Å². The number of hydrogen-bond donors (Lipinski definition) is 4. The molecule has 0 bridgehead atoms. The first-order chi connectivity index (χ1) is 9.63. The maximum Gasteiger partial charge on any atom is 0.299 e. The Morgan fingerprint density at radius 1 is 0.550 bits per heavy atom. The van der Waals surface area contributed by atoms with Crippen LogP contribution >= 0.6 is 23.5 Å². The Kier molecular flexibility index (Phi) is 14.8. The van der Waals surface area contributed by atoms with Crippen molar-refractivity contribution in [3.63, 3.8) is 0 Å². The lowest BCUT2D eigenvalue weighted by molar-refractivity contribution is -0.110. The van der Waals surface area contributed by atoms with Crippen molar-refractivity contribution in [1.82, 2.24) is 0 Å². The van der Waals surface area contributed by atoms with E-state index in [1.165, 1.54) is 64.2 Å². The Morgan fingerprint density at radius 2 is 0.800 bits per heavy atom. The van der Waals surface area contributed by atoms with Crippen molar-refractivity contribution in [2.45, 2.75) is 64.2 Å². The van der Waals surface area contributed by atoms with Gasteiger partial charge in [-0.2, -0.15) is 0 Å². The van der Waals surface area contributed by atoms with Crippen molar-refractivity contribution in [1.29, 1.82) is 0 Å². The molecule has 0 saturated heterocycles. The normalized spacial score (nSPS) is 10.6. The van der Waals surface area contributed by atoms with Crippen molar-refractivity contribution in [2.24, 2.45) is 11.5 Å². The molecule has 0 aliphatic rings. The first-order valence-electron chi connectivity index (χ1n) is 7.64. The van der Waals surface area contributed by atoms with Crippen LogP contribution in [-0.4, -0.2) is 21.8 Å². The second-order valence-corrected chi connectivity index (χ2v) is 7.37. The van der Waals surface area contributed by atoms with Crippen LogP contribution in [0.4, 0.5) is 0 Å². The topological polar surface area (TPSA) is 103 Å². The highest BCUT2D eigenvalue weighted by Crippen LogP contribution is 2.12. The van der Waals surface area contributed by atoms with E-state index in [9.17, 15) is 0 Å². The lowest BCUT2D eigenvalue weighted by atomic mass is 10.1. The van der Waals surface area contributed by atoms with E-state index < -0.39 is 0 Å². The molecule has 0 unspecified atom stereocenters. The maximum absolute atomic E-state index is 5.39. The summed E-state index contributed by atoms with van der Waals surface area (Å²) in [5.41, 5.74) is 10.8. The Morgan fingerprint density at radius 3 is 1.05 bits per heavy atom. The average molecular weight is 321 g/mol. The van der Waals surface area contributed by atoms with Gasteiger partial charge < -0.3 is 0 Å². The van der Waals surface area contributed by atoms with Crippen LogP contribution < -0.4 is 22.3 Å². The largest absolute Gasteiger partial charge is 0.299 e. The number of unbranched alkanes of at least 4 members (excludes halogenated alkanes) is 9. The van der Waals surface area contributed by atoms with Crippen LogP contribution in [0.2, 0.25) is 0 Å². The average Bonchev–Trinajstić information content (AvgIpc) is 2.38. The maximum atomic E-state index is 5.39. The second-order valence-electron chi connectivity index (χ2n) is 5.04. The van der Waals surface area contributed by atoms with Crippen LogP contribution in [-0.2, 0) is 0 Å². The third-order valence-corrected chi connectivity index (χ3v) is 4.73. The molecule has 0 amide bonds. The van der Waals surface area contributed by atoms with Crippen molar-refractivity contribution in [3.8, 4) is 0 Å². The van der Waals surface area contributed by atoms with Gasteiger partial charge in [0, 0.05) is 11.5 Å². The molecule has 0 aliphatic heterocycles. The summed E-state index contributed by atoms with van der Waals surface area (Å²) in [6.07, 6.45) is 13.2. The first-order valence-corrected chi connectivity index (χ1v) is 9.61. The van der Waals surface area contributed by atoms with Gasteiger partial charge in [-0.15, -0.1) is 0 Å². The predicted molar refractivity (Wildman–Crippen MR) is 93.3 cm³/mol. The van der Waals surface area contributed by atoms with E-state index in [-0.39, 0.29) is 0 Å². The lowest BCUT2D eigenvalue weighted by Crippen LogP contribution is -2.43. The highest BCUT2D eigenvalue weighted by molar-refractivity contribution is 8.13. The summed E-state index contributed by atoms with van der Waals surface area (Å²) in [5, 5.41) is 11.8. The van der Waals surface area contributed by atoms with Crippen LogP contribution in [0.3, 0.4) is 0 Å². The van der Waals surface area contributed by atoms with Gasteiger partial charge in [-0.3, -0.25) is 22.3 Å². The minimum absolute atomic E-state index is 0.496. The summed E-state index contributed by atoms with van der Waals surface area (Å²) in [6.45, 7) is 0. The molecule has 0 saturated carbocycles. The van der Waals surface area contributed by atoms with Crippen LogP contribution in [0.5, 0.6) is 0 Å². The zero-order chi connectivity index (χ0) is 15.1. The molecule has 0 fully saturated rings. The summed E-state index contributed by atoms with van der Waals surface area (Å²) >= 11 is 3.14. The van der Waals surface area contributed by atoms with Gasteiger partial charge in [-0.05, 0) is 36.4 Å². The lowest BCUT2D eigenvalue weighted by Gasteiger charge is -2.02. The number of rotatable bonds is 13. The number of thioether (sulfide) groups is 2. The van der Waals surface area contributed by atoms with Gasteiger partial charge in [-0.1, -0.05) is 51.4 Å². The molecule has 0 radical (unpaired) electrons. The van der Waals surface area contributed by atoms with Crippen molar-refractivity contribution in [2.75, 3.05) is 11.5 Å². The predicted octanol–water partition coefficient (Wildman–Crippen LogP) is 0.501. The minimum Gasteiger partial charge on any atom is -0.282 e. The fraction of sp³-hybridized carbons (Fsp3) is 0.857. The van der Waals surface area contributed by atoms with Crippen LogP contribution in [0.1, 0.15) is 64.2 Å². The smallest absolute Gasteiger partial charge is 0.282 e. The van der Waals surface area contributed by atoms with Gasteiger partial charge in [-0.25, -0.2) is 0 Å². The molecule has 0 aromatic heterocycles. The SMILES string of the molecule is NC(=[NH2+])SCCCCCCCCCCCCSC(N)=[NH2+]. The fourth-order valence-electron chi connectivity index (χ4n) is 2.00. The second kappa shape index (κ2) is 15.0. The van der Waals surface area contributed by atoms with Crippen molar-refractivity contribution in [3.05, 3.63) is 0 Å². The van der Waals surface area contributed by atoms with E-state index in [0.717, 1.165) is 11.5 Å². The summed E-state index contributed by atoms with van der Waals surface area (Å²) in [4.78, 5) is 0. The standard InChI is InChI=1S/C14H30N4S2/c15-13(16)19-11-9-7-5-3-1-2-4-6-8-10-12-20-14(17)18/h1-12H2,(H3,15,16)(H3,17,18)/p+2. The fourth-order valence-corrected chi connectivity index (χ4v) is 3.17. The molecule has 0 atom stereocenters. The Hall–Kier alpha value is -0.360. The molecule has 4 nitrogen and oxygen atoms in total. The Balaban J connectivity index is 2.99. The van der Waals surface area contributed by atoms with Gasteiger partial charge in [0.25, 0.3) is 10.3 Å². The third kappa shape index (κ3) is 17.6.